The molecule has 2 N–H and O–H groups in total. The minimum Gasteiger partial charge on any atom is -0.324 e. The number of nitrogens with zero attached hydrogens (tertiary/aromatic N) is 3. The van der Waals surface area contributed by atoms with Crippen LogP contribution in [-0.4, -0.2) is 33.8 Å². The Bertz CT molecular complexity index is 642. The fourth-order valence-corrected chi connectivity index (χ4v) is 2.70. The molecule has 2 aromatic rings. The van der Waals surface area contributed by atoms with Crippen LogP contribution in [-0.2, 0) is 11.8 Å². The van der Waals surface area contributed by atoms with Gasteiger partial charge in [-0.25, -0.2) is 4.98 Å². The number of piperidine rings is 1. The van der Waals surface area contributed by atoms with E-state index in [1.54, 1.807) is 10.9 Å². The third kappa shape index (κ3) is 2.38. The van der Waals surface area contributed by atoms with Gasteiger partial charge >= 0.3 is 0 Å². The second-order valence-corrected chi connectivity index (χ2v) is 5.32. The summed E-state index contributed by atoms with van der Waals surface area (Å²) >= 11 is 0. The summed E-state index contributed by atoms with van der Waals surface area (Å²) in [5.41, 5.74) is 2.51. The van der Waals surface area contributed by atoms with Crippen molar-refractivity contribution in [1.29, 1.82) is 0 Å². The van der Waals surface area contributed by atoms with Crippen LogP contribution in [0, 0.1) is 12.8 Å². The minimum absolute atomic E-state index is 0.0918. The summed E-state index contributed by atoms with van der Waals surface area (Å²) in [6.07, 6.45) is 3.49. The summed E-state index contributed by atoms with van der Waals surface area (Å²) in [4.78, 5) is 16.6. The van der Waals surface area contributed by atoms with Gasteiger partial charge in [0.2, 0.25) is 5.91 Å². The predicted molar refractivity (Wildman–Crippen MR) is 77.5 cm³/mol. The van der Waals surface area contributed by atoms with Crippen LogP contribution in [0.15, 0.2) is 12.3 Å². The number of fused-ring (bicyclic) bond motifs is 1. The zero-order valence-electron chi connectivity index (χ0n) is 11.8. The van der Waals surface area contributed by atoms with Crippen LogP contribution in [0.1, 0.15) is 18.5 Å². The van der Waals surface area contributed by atoms with Crippen molar-refractivity contribution >= 4 is 22.6 Å². The molecule has 6 nitrogen and oxygen atoms in total. The first kappa shape index (κ1) is 13.1. The highest BCUT2D eigenvalue weighted by Gasteiger charge is 2.21. The molecule has 0 radical (unpaired) electrons. The van der Waals surface area contributed by atoms with E-state index in [-0.39, 0.29) is 11.8 Å². The molecule has 6 heteroatoms. The van der Waals surface area contributed by atoms with Crippen molar-refractivity contribution in [3.05, 3.63) is 18.0 Å². The van der Waals surface area contributed by atoms with Gasteiger partial charge in [-0.3, -0.25) is 9.48 Å². The van der Waals surface area contributed by atoms with Crippen LogP contribution < -0.4 is 10.6 Å². The highest BCUT2D eigenvalue weighted by atomic mass is 16.1. The van der Waals surface area contributed by atoms with Gasteiger partial charge in [-0.05, 0) is 38.9 Å². The number of pyridine rings is 1. The summed E-state index contributed by atoms with van der Waals surface area (Å²) in [6.45, 7) is 3.77. The average Bonchev–Trinajstić information content (AvgIpc) is 2.75. The van der Waals surface area contributed by atoms with Crippen LogP contribution in [0.3, 0.4) is 0 Å². The zero-order chi connectivity index (χ0) is 14.1. The summed E-state index contributed by atoms with van der Waals surface area (Å²) < 4.78 is 1.75. The number of aromatic nitrogens is 3. The minimum atomic E-state index is 0.0918. The van der Waals surface area contributed by atoms with E-state index < -0.39 is 0 Å². The molecule has 1 aliphatic heterocycles. The monoisotopic (exact) mass is 273 g/mol. The maximum atomic E-state index is 12.2. The van der Waals surface area contributed by atoms with E-state index in [1.807, 2.05) is 20.0 Å². The largest absolute Gasteiger partial charge is 0.324 e. The first-order chi connectivity index (χ1) is 9.65. The predicted octanol–water partition coefficient (Wildman–Crippen LogP) is 1.21. The van der Waals surface area contributed by atoms with Gasteiger partial charge in [0.25, 0.3) is 0 Å². The lowest BCUT2D eigenvalue weighted by atomic mass is 9.97. The third-order valence-corrected chi connectivity index (χ3v) is 3.84. The second kappa shape index (κ2) is 5.20. The molecule has 0 atom stereocenters. The third-order valence-electron chi connectivity index (χ3n) is 3.84. The summed E-state index contributed by atoms with van der Waals surface area (Å²) in [5.74, 6) is 0.191. The smallest absolute Gasteiger partial charge is 0.227 e. The molecule has 1 aliphatic rings. The molecular formula is C14H19N5O. The topological polar surface area (TPSA) is 71.8 Å². The zero-order valence-corrected chi connectivity index (χ0v) is 11.8. The fourth-order valence-electron chi connectivity index (χ4n) is 2.70. The maximum Gasteiger partial charge on any atom is 0.227 e. The Kier molecular flexibility index (Phi) is 3.40. The molecule has 0 aromatic carbocycles. The first-order valence-electron chi connectivity index (χ1n) is 6.96. The molecule has 0 spiro atoms. The van der Waals surface area contributed by atoms with E-state index in [4.69, 9.17) is 0 Å². The number of nitrogens with one attached hydrogen (secondary N) is 2. The molecule has 0 unspecified atom stereocenters. The highest BCUT2D eigenvalue weighted by molar-refractivity contribution is 5.94. The highest BCUT2D eigenvalue weighted by Crippen LogP contribution is 2.21. The van der Waals surface area contributed by atoms with Crippen LogP contribution >= 0.6 is 0 Å². The van der Waals surface area contributed by atoms with Gasteiger partial charge in [0, 0.05) is 18.4 Å². The first-order valence-corrected chi connectivity index (χ1v) is 6.96. The van der Waals surface area contributed by atoms with Gasteiger partial charge in [-0.1, -0.05) is 0 Å². The number of carbonyl (C=O) groups is 1. The number of anilines is 1. The van der Waals surface area contributed by atoms with Gasteiger partial charge in [-0.15, -0.1) is 0 Å². The van der Waals surface area contributed by atoms with Crippen LogP contribution in [0.2, 0.25) is 0 Å². The van der Waals surface area contributed by atoms with Crippen molar-refractivity contribution in [1.82, 2.24) is 20.1 Å². The molecule has 0 aliphatic carbocycles. The number of hydrogen-bond donors (Lipinski definition) is 2. The second-order valence-electron chi connectivity index (χ2n) is 5.32. The average molecular weight is 273 g/mol. The fraction of sp³-hybridized carbons (Fsp3) is 0.500. The van der Waals surface area contributed by atoms with Crippen LogP contribution in [0.25, 0.3) is 11.0 Å². The van der Waals surface area contributed by atoms with E-state index in [0.29, 0.717) is 0 Å². The van der Waals surface area contributed by atoms with Crippen molar-refractivity contribution in [2.45, 2.75) is 19.8 Å². The lowest BCUT2D eigenvalue weighted by Crippen LogP contribution is -2.34. The number of amides is 1. The number of rotatable bonds is 2. The maximum absolute atomic E-state index is 12.2. The molecular weight excluding hydrogens is 254 g/mol. The molecule has 106 valence electrons. The van der Waals surface area contributed by atoms with E-state index in [1.165, 1.54) is 0 Å². The van der Waals surface area contributed by atoms with Gasteiger partial charge in [0.15, 0.2) is 5.65 Å². The lowest BCUT2D eigenvalue weighted by molar-refractivity contribution is -0.120. The van der Waals surface area contributed by atoms with Crippen molar-refractivity contribution in [3.8, 4) is 0 Å². The molecule has 1 amide bonds. The number of hydrogen-bond acceptors (Lipinski definition) is 4. The molecule has 0 bridgehead atoms. The Balaban J connectivity index is 1.80. The Morgan fingerprint density at radius 3 is 2.95 bits per heavy atom. The summed E-state index contributed by atoms with van der Waals surface area (Å²) in [6, 6.07) is 1.95. The van der Waals surface area contributed by atoms with Crippen LogP contribution in [0.5, 0.6) is 0 Å². The Morgan fingerprint density at radius 1 is 1.45 bits per heavy atom. The number of aryl methyl sites for hydroxylation is 2. The molecule has 2 aromatic heterocycles. The quantitative estimate of drug-likeness (QED) is 0.863. The summed E-state index contributed by atoms with van der Waals surface area (Å²) in [7, 11) is 1.87. The molecule has 1 saturated heterocycles. The van der Waals surface area contributed by atoms with Crippen molar-refractivity contribution in [3.63, 3.8) is 0 Å². The molecule has 0 saturated carbocycles. The van der Waals surface area contributed by atoms with Crippen LogP contribution in [0.4, 0.5) is 5.69 Å². The van der Waals surface area contributed by atoms with E-state index >= 15 is 0 Å². The Labute approximate surface area is 117 Å². The van der Waals surface area contributed by atoms with Gasteiger partial charge < -0.3 is 10.6 Å². The van der Waals surface area contributed by atoms with Crippen molar-refractivity contribution in [2.24, 2.45) is 13.0 Å². The van der Waals surface area contributed by atoms with Gasteiger partial charge in [0.05, 0.1) is 17.6 Å². The van der Waals surface area contributed by atoms with E-state index in [0.717, 1.165) is 48.3 Å². The Morgan fingerprint density at radius 2 is 2.20 bits per heavy atom. The van der Waals surface area contributed by atoms with Gasteiger partial charge in [-0.2, -0.15) is 5.10 Å². The van der Waals surface area contributed by atoms with Crippen molar-refractivity contribution < 1.29 is 4.79 Å². The number of carbonyl (C=O) groups excluding carboxylic acids is 1. The standard InChI is InChI=1S/C14H19N5O/c1-9-12-7-11(8-16-13(12)19(2)18-9)17-14(20)10-3-5-15-6-4-10/h7-8,10,15H,3-6H2,1-2H3,(H,17,20). The van der Waals surface area contributed by atoms with E-state index in [9.17, 15) is 4.79 Å². The van der Waals surface area contributed by atoms with E-state index in [2.05, 4.69) is 20.7 Å². The van der Waals surface area contributed by atoms with Gasteiger partial charge in [0.1, 0.15) is 0 Å². The molecule has 1 fully saturated rings. The van der Waals surface area contributed by atoms with Crippen molar-refractivity contribution in [2.75, 3.05) is 18.4 Å². The summed E-state index contributed by atoms with van der Waals surface area (Å²) in [5, 5.41) is 11.6. The molecule has 3 rings (SSSR count). The molecule has 3 heterocycles. The SMILES string of the molecule is Cc1nn(C)c2ncc(NC(=O)C3CCNCC3)cc12. The lowest BCUT2D eigenvalue weighted by Gasteiger charge is -2.21. The normalized spacial score (nSPS) is 16.5. The Hall–Kier alpha value is -1.95. The molecule has 20 heavy (non-hydrogen) atoms.